The molecular formula is C16H18ClFN2. The number of rotatable bonds is 5. The van der Waals surface area contributed by atoms with Crippen molar-refractivity contribution in [3.8, 4) is 0 Å². The lowest BCUT2D eigenvalue weighted by atomic mass is 9.98. The number of nitrogens with one attached hydrogen (secondary N) is 1. The Kier molecular flexibility index (Phi) is 5.12. The highest BCUT2D eigenvalue weighted by molar-refractivity contribution is 6.30. The monoisotopic (exact) mass is 292 g/mol. The third-order valence-corrected chi connectivity index (χ3v) is 3.51. The fraction of sp³-hybridized carbons (Fsp3) is 0.250. The first-order chi connectivity index (χ1) is 9.58. The van der Waals surface area contributed by atoms with Gasteiger partial charge in [-0.15, -0.1) is 0 Å². The summed E-state index contributed by atoms with van der Waals surface area (Å²) in [6.07, 6.45) is 1.24. The number of benzene rings is 2. The minimum atomic E-state index is -0.251. The van der Waals surface area contributed by atoms with Gasteiger partial charge in [-0.25, -0.2) is 4.39 Å². The zero-order valence-electron chi connectivity index (χ0n) is 11.4. The Balaban J connectivity index is 2.11. The Morgan fingerprint density at radius 2 is 2.00 bits per heavy atom. The van der Waals surface area contributed by atoms with Gasteiger partial charge in [0, 0.05) is 11.1 Å². The van der Waals surface area contributed by atoms with Crippen molar-refractivity contribution in [3.05, 3.63) is 70.0 Å². The first-order valence-electron chi connectivity index (χ1n) is 6.54. The van der Waals surface area contributed by atoms with Crippen LogP contribution in [0.3, 0.4) is 0 Å². The maximum absolute atomic E-state index is 13.7. The van der Waals surface area contributed by atoms with Crippen LogP contribution in [0, 0.1) is 12.7 Å². The smallest absolute Gasteiger partial charge is 0.126 e. The van der Waals surface area contributed by atoms with Gasteiger partial charge in [0.05, 0.1) is 0 Å². The van der Waals surface area contributed by atoms with Crippen LogP contribution in [0.15, 0.2) is 42.5 Å². The van der Waals surface area contributed by atoms with E-state index in [4.69, 9.17) is 17.4 Å². The summed E-state index contributed by atoms with van der Waals surface area (Å²) in [5.74, 6) is 5.34. The molecule has 2 aromatic carbocycles. The van der Waals surface area contributed by atoms with Crippen LogP contribution in [0.5, 0.6) is 0 Å². The van der Waals surface area contributed by atoms with Gasteiger partial charge in [0.25, 0.3) is 0 Å². The van der Waals surface area contributed by atoms with Crippen molar-refractivity contribution in [1.29, 1.82) is 0 Å². The van der Waals surface area contributed by atoms with Gasteiger partial charge < -0.3 is 0 Å². The summed E-state index contributed by atoms with van der Waals surface area (Å²) >= 11 is 5.91. The van der Waals surface area contributed by atoms with Gasteiger partial charge in [-0.1, -0.05) is 41.4 Å². The molecule has 4 heteroatoms. The van der Waals surface area contributed by atoms with E-state index in [1.54, 1.807) is 12.1 Å². The molecule has 0 saturated carbocycles. The molecule has 2 aromatic rings. The molecule has 0 saturated heterocycles. The molecule has 2 nitrogen and oxygen atoms in total. The van der Waals surface area contributed by atoms with E-state index in [0.29, 0.717) is 17.0 Å². The molecule has 0 aliphatic heterocycles. The second-order valence-corrected chi connectivity index (χ2v) is 5.43. The van der Waals surface area contributed by atoms with Crippen molar-refractivity contribution in [2.24, 2.45) is 5.84 Å². The molecule has 106 valence electrons. The van der Waals surface area contributed by atoms with Crippen LogP contribution >= 0.6 is 11.6 Å². The van der Waals surface area contributed by atoms with Crippen LogP contribution in [0.1, 0.15) is 16.7 Å². The molecule has 3 N–H and O–H groups in total. The highest BCUT2D eigenvalue weighted by atomic mass is 35.5. The van der Waals surface area contributed by atoms with E-state index in [1.165, 1.54) is 17.2 Å². The lowest BCUT2D eigenvalue weighted by Gasteiger charge is -2.17. The number of hydrogen-bond acceptors (Lipinski definition) is 2. The molecule has 1 unspecified atom stereocenters. The quantitative estimate of drug-likeness (QED) is 0.655. The molecule has 20 heavy (non-hydrogen) atoms. The summed E-state index contributed by atoms with van der Waals surface area (Å²) in [4.78, 5) is 0. The van der Waals surface area contributed by atoms with Crippen molar-refractivity contribution < 1.29 is 4.39 Å². The first kappa shape index (κ1) is 15.0. The fourth-order valence-electron chi connectivity index (χ4n) is 2.28. The zero-order chi connectivity index (χ0) is 14.5. The van der Waals surface area contributed by atoms with E-state index in [-0.39, 0.29) is 11.9 Å². The van der Waals surface area contributed by atoms with Crippen molar-refractivity contribution >= 4 is 11.6 Å². The van der Waals surface area contributed by atoms with E-state index >= 15 is 0 Å². The van der Waals surface area contributed by atoms with Gasteiger partial charge in [0.15, 0.2) is 0 Å². The van der Waals surface area contributed by atoms with Gasteiger partial charge in [0.1, 0.15) is 5.82 Å². The van der Waals surface area contributed by atoms with Crippen LogP contribution in [0.4, 0.5) is 4.39 Å². The van der Waals surface area contributed by atoms with Gasteiger partial charge in [-0.05, 0) is 49.1 Å². The van der Waals surface area contributed by atoms with E-state index in [1.807, 2.05) is 25.1 Å². The van der Waals surface area contributed by atoms with Gasteiger partial charge in [-0.3, -0.25) is 11.3 Å². The topological polar surface area (TPSA) is 38.0 Å². The summed E-state index contributed by atoms with van der Waals surface area (Å²) in [5.41, 5.74) is 5.71. The molecule has 2 rings (SSSR count). The van der Waals surface area contributed by atoms with Crippen molar-refractivity contribution in [2.45, 2.75) is 25.8 Å². The molecule has 0 aliphatic rings. The Hall–Kier alpha value is -1.42. The second kappa shape index (κ2) is 6.84. The number of hydrazine groups is 1. The fourth-order valence-corrected chi connectivity index (χ4v) is 2.47. The van der Waals surface area contributed by atoms with Crippen LogP contribution < -0.4 is 11.3 Å². The highest BCUT2D eigenvalue weighted by Gasteiger charge is 2.12. The first-order valence-corrected chi connectivity index (χ1v) is 6.92. The molecule has 0 aliphatic carbocycles. The van der Waals surface area contributed by atoms with Crippen LogP contribution in [-0.2, 0) is 12.8 Å². The molecule has 0 aromatic heterocycles. The Labute approximate surface area is 123 Å². The van der Waals surface area contributed by atoms with Crippen LogP contribution in [0.2, 0.25) is 5.02 Å². The van der Waals surface area contributed by atoms with Gasteiger partial charge in [0.2, 0.25) is 0 Å². The SMILES string of the molecule is Cc1cccc(CC(Cc2cc(Cl)ccc2F)NN)c1. The lowest BCUT2D eigenvalue weighted by Crippen LogP contribution is -2.38. The molecular weight excluding hydrogens is 275 g/mol. The molecule has 0 spiro atoms. The average molecular weight is 293 g/mol. The Bertz CT molecular complexity index is 586. The van der Waals surface area contributed by atoms with Crippen molar-refractivity contribution in [3.63, 3.8) is 0 Å². The highest BCUT2D eigenvalue weighted by Crippen LogP contribution is 2.17. The minimum absolute atomic E-state index is 0.0373. The summed E-state index contributed by atoms with van der Waals surface area (Å²) in [6, 6.07) is 12.8. The van der Waals surface area contributed by atoms with E-state index in [2.05, 4.69) is 11.5 Å². The van der Waals surface area contributed by atoms with Gasteiger partial charge >= 0.3 is 0 Å². The van der Waals surface area contributed by atoms with Gasteiger partial charge in [-0.2, -0.15) is 0 Å². The van der Waals surface area contributed by atoms with E-state index in [9.17, 15) is 4.39 Å². The third-order valence-electron chi connectivity index (χ3n) is 3.27. The number of halogens is 2. The number of hydrogen-bond donors (Lipinski definition) is 2. The molecule has 0 radical (unpaired) electrons. The standard InChI is InChI=1S/C16H18ClFN2/c1-11-3-2-4-12(7-11)8-15(20-19)10-13-9-14(17)5-6-16(13)18/h2-7,9,15,20H,8,10,19H2,1H3. The van der Waals surface area contributed by atoms with E-state index in [0.717, 1.165) is 6.42 Å². The van der Waals surface area contributed by atoms with Crippen LogP contribution in [-0.4, -0.2) is 6.04 Å². The number of nitrogens with two attached hydrogens (primary N) is 1. The minimum Gasteiger partial charge on any atom is -0.271 e. The molecule has 1 atom stereocenters. The normalized spacial score (nSPS) is 12.4. The molecule has 0 heterocycles. The second-order valence-electron chi connectivity index (χ2n) is 5.00. The summed E-state index contributed by atoms with van der Waals surface area (Å²) in [7, 11) is 0. The Morgan fingerprint density at radius 1 is 1.20 bits per heavy atom. The zero-order valence-corrected chi connectivity index (χ0v) is 12.1. The predicted molar refractivity (Wildman–Crippen MR) is 81.1 cm³/mol. The Morgan fingerprint density at radius 3 is 2.70 bits per heavy atom. The summed E-state index contributed by atoms with van der Waals surface area (Å²) in [5, 5.41) is 0.535. The largest absolute Gasteiger partial charge is 0.271 e. The van der Waals surface area contributed by atoms with Crippen LogP contribution in [0.25, 0.3) is 0 Å². The summed E-state index contributed by atoms with van der Waals surface area (Å²) in [6.45, 7) is 2.05. The predicted octanol–water partition coefficient (Wildman–Crippen LogP) is 3.40. The molecule has 0 fully saturated rings. The van der Waals surface area contributed by atoms with E-state index < -0.39 is 0 Å². The van der Waals surface area contributed by atoms with Crippen molar-refractivity contribution in [2.75, 3.05) is 0 Å². The maximum atomic E-state index is 13.7. The van der Waals surface area contributed by atoms with Crippen molar-refractivity contribution in [1.82, 2.24) is 5.43 Å². The number of aryl methyl sites for hydroxylation is 1. The molecule has 0 amide bonds. The maximum Gasteiger partial charge on any atom is 0.126 e. The third kappa shape index (κ3) is 4.04. The molecule has 0 bridgehead atoms. The lowest BCUT2D eigenvalue weighted by molar-refractivity contribution is 0.506. The average Bonchev–Trinajstić information content (AvgIpc) is 2.42. The summed E-state index contributed by atoms with van der Waals surface area (Å²) < 4.78 is 13.7.